The minimum absolute atomic E-state index is 0. The third kappa shape index (κ3) is 8.29. The topological polar surface area (TPSA) is 76.8 Å². The van der Waals surface area contributed by atoms with Crippen LogP contribution in [-0.4, -0.2) is 11.7 Å². The second-order valence-corrected chi connectivity index (χ2v) is 6.65. The zero-order valence-corrected chi connectivity index (χ0v) is 18.0. The summed E-state index contributed by atoms with van der Waals surface area (Å²) in [4.78, 5) is 0. The van der Waals surface area contributed by atoms with Gasteiger partial charge in [-0.05, 0) is 47.5 Å². The van der Waals surface area contributed by atoms with Gasteiger partial charge in [-0.2, -0.15) is 0 Å². The lowest BCUT2D eigenvalue weighted by molar-refractivity contribution is 1.21. The van der Waals surface area contributed by atoms with Crippen LogP contribution in [0.4, 0.5) is 0 Å². The van der Waals surface area contributed by atoms with Gasteiger partial charge in [-0.1, -0.05) is 68.3 Å². The van der Waals surface area contributed by atoms with Gasteiger partial charge in [0.2, 0.25) is 5.96 Å². The van der Waals surface area contributed by atoms with Gasteiger partial charge in [0.1, 0.15) is 0 Å². The number of nitrogens with two attached hydrogens (primary N) is 2. The summed E-state index contributed by atoms with van der Waals surface area (Å²) in [5.74, 6) is -0.0819. The molecule has 0 aromatic heterocycles. The Morgan fingerprint density at radius 1 is 0.720 bits per heavy atom. The van der Waals surface area contributed by atoms with E-state index in [4.69, 9.17) is 11.5 Å². The summed E-state index contributed by atoms with van der Waals surface area (Å²) in [5, 5.41) is 7.77. The highest BCUT2D eigenvalue weighted by atomic mass is 79.9. The highest BCUT2D eigenvalue weighted by Crippen LogP contribution is 2.13. The van der Waals surface area contributed by atoms with E-state index < -0.39 is 0 Å². The molecule has 4 N–H and O–H groups in total. The van der Waals surface area contributed by atoms with Crippen molar-refractivity contribution in [1.82, 2.24) is 0 Å². The van der Waals surface area contributed by atoms with Crippen molar-refractivity contribution < 1.29 is 0 Å². The molecule has 0 unspecified atom stereocenters. The number of nitrogens with zero attached hydrogens (tertiary/aromatic N) is 2. The summed E-state index contributed by atoms with van der Waals surface area (Å²) in [7, 11) is 0. The minimum Gasteiger partial charge on any atom is -0.369 e. The predicted octanol–water partition coefficient (Wildman–Crippen LogP) is 5.15. The van der Waals surface area contributed by atoms with Crippen LogP contribution < -0.4 is 11.5 Å². The Bertz CT molecular complexity index is 731. The van der Waals surface area contributed by atoms with E-state index in [2.05, 4.69) is 42.1 Å². The molecule has 0 radical (unpaired) electrons. The molecule has 0 saturated carbocycles. The molecule has 0 aliphatic carbocycles. The quantitative estimate of drug-likeness (QED) is 0.320. The van der Waals surface area contributed by atoms with Gasteiger partial charge >= 0.3 is 0 Å². The van der Waals surface area contributed by atoms with Crippen molar-refractivity contribution in [3.05, 3.63) is 80.8 Å². The lowest BCUT2D eigenvalue weighted by atomic mass is 10.1. The highest BCUT2D eigenvalue weighted by molar-refractivity contribution is 9.10. The van der Waals surface area contributed by atoms with Gasteiger partial charge in [-0.3, -0.25) is 0 Å². The molecule has 25 heavy (non-hydrogen) atoms. The number of guanidine groups is 1. The first-order valence-electron chi connectivity index (χ1n) is 7.07. The van der Waals surface area contributed by atoms with Crippen molar-refractivity contribution >= 4 is 72.7 Å². The van der Waals surface area contributed by atoms with Gasteiger partial charge in [0, 0.05) is 8.95 Å². The number of benzene rings is 2. The van der Waals surface area contributed by atoms with Gasteiger partial charge < -0.3 is 11.5 Å². The Hall–Kier alpha value is -1.70. The Balaban J connectivity index is 0.00000312. The normalized spacial score (nSPS) is 10.5. The van der Waals surface area contributed by atoms with Crippen LogP contribution in [0, 0.1) is 0 Å². The average molecular weight is 529 g/mol. The molecule has 130 valence electrons. The number of hydrogen-bond donors (Lipinski definition) is 2. The van der Waals surface area contributed by atoms with E-state index in [1.807, 2.05) is 72.8 Å². The number of allylic oxidation sites excluding steroid dienone is 2. The minimum atomic E-state index is -0.0819. The summed E-state index contributed by atoms with van der Waals surface area (Å²) >= 11 is 6.83. The first-order valence-corrected chi connectivity index (χ1v) is 8.65. The van der Waals surface area contributed by atoms with Gasteiger partial charge in [0.25, 0.3) is 0 Å². The van der Waals surface area contributed by atoms with Crippen LogP contribution in [0.15, 0.2) is 79.8 Å². The van der Waals surface area contributed by atoms with E-state index in [0.717, 1.165) is 20.1 Å². The second-order valence-electron chi connectivity index (χ2n) is 4.82. The molecule has 2 rings (SSSR count). The molecule has 0 aliphatic rings. The van der Waals surface area contributed by atoms with Gasteiger partial charge in [0.15, 0.2) is 0 Å². The van der Waals surface area contributed by atoms with E-state index >= 15 is 0 Å². The number of rotatable bonds is 5. The molecule has 0 fully saturated rings. The van der Waals surface area contributed by atoms with Crippen molar-refractivity contribution in [2.24, 2.45) is 21.7 Å². The van der Waals surface area contributed by atoms with Crippen molar-refractivity contribution in [1.29, 1.82) is 0 Å². The molecule has 0 bridgehead atoms. The highest BCUT2D eigenvalue weighted by Gasteiger charge is 1.93. The maximum absolute atomic E-state index is 5.35. The molecule has 0 aliphatic heterocycles. The van der Waals surface area contributed by atoms with E-state index in [1.165, 1.54) is 0 Å². The fourth-order valence-corrected chi connectivity index (χ4v) is 2.28. The summed E-state index contributed by atoms with van der Waals surface area (Å²) in [6.45, 7) is 0. The summed E-state index contributed by atoms with van der Waals surface area (Å²) in [5.41, 5.74) is 13.4. The summed E-state index contributed by atoms with van der Waals surface area (Å²) in [6.07, 6.45) is 7.59. The van der Waals surface area contributed by atoms with Crippen LogP contribution >= 0.6 is 48.8 Å². The smallest absolute Gasteiger partial charge is 0.211 e. The van der Waals surface area contributed by atoms with Crippen LogP contribution in [-0.2, 0) is 0 Å². The lowest BCUT2D eigenvalue weighted by Crippen LogP contribution is -2.22. The molecule has 4 nitrogen and oxygen atoms in total. The Morgan fingerprint density at radius 3 is 1.48 bits per heavy atom. The number of hydrogen-bond acceptors (Lipinski definition) is 2. The fraction of sp³-hybridized carbons (Fsp3) is 0. The number of halogens is 3. The van der Waals surface area contributed by atoms with Crippen LogP contribution in [0.3, 0.4) is 0 Å². The van der Waals surface area contributed by atoms with Gasteiger partial charge in [-0.15, -0.1) is 27.2 Å². The van der Waals surface area contributed by atoms with Crippen molar-refractivity contribution in [3.63, 3.8) is 0 Å². The largest absolute Gasteiger partial charge is 0.369 e. The molecule has 2 aromatic rings. The standard InChI is InChI=1S/C18H16Br2N4.BrH/c19-15-7-1-13(2-8-15)5-11-17(23-24-18(21)22)12-6-14-3-9-16(20)10-4-14;/h1-12H,(H4,21,22,24);1H. The average Bonchev–Trinajstić information content (AvgIpc) is 2.57. The van der Waals surface area contributed by atoms with E-state index in [0.29, 0.717) is 5.71 Å². The zero-order chi connectivity index (χ0) is 17.4. The molecule has 0 spiro atoms. The molecule has 0 atom stereocenters. The van der Waals surface area contributed by atoms with E-state index in [1.54, 1.807) is 0 Å². The Kier molecular flexibility index (Phi) is 9.41. The predicted molar refractivity (Wildman–Crippen MR) is 120 cm³/mol. The van der Waals surface area contributed by atoms with Crippen LogP contribution in [0.5, 0.6) is 0 Å². The monoisotopic (exact) mass is 526 g/mol. The zero-order valence-electron chi connectivity index (χ0n) is 13.1. The van der Waals surface area contributed by atoms with E-state index in [-0.39, 0.29) is 22.9 Å². The maximum atomic E-state index is 5.35. The van der Waals surface area contributed by atoms with Gasteiger partial charge in [-0.25, -0.2) is 0 Å². The SMILES string of the molecule is Br.NC(N)=NN=C(C=Cc1ccc(Br)cc1)C=Cc1ccc(Br)cc1. The van der Waals surface area contributed by atoms with Crippen LogP contribution in [0.25, 0.3) is 12.2 Å². The Morgan fingerprint density at radius 2 is 1.12 bits per heavy atom. The molecular formula is C18H17Br3N4. The first-order chi connectivity index (χ1) is 11.5. The summed E-state index contributed by atoms with van der Waals surface area (Å²) < 4.78 is 2.06. The molecular weight excluding hydrogens is 512 g/mol. The molecule has 0 amide bonds. The first kappa shape index (κ1) is 21.3. The Labute approximate surface area is 174 Å². The second kappa shape index (κ2) is 11.0. The third-order valence-corrected chi connectivity index (χ3v) is 3.97. The lowest BCUT2D eigenvalue weighted by Gasteiger charge is -1.96. The maximum Gasteiger partial charge on any atom is 0.211 e. The van der Waals surface area contributed by atoms with Crippen molar-refractivity contribution in [3.8, 4) is 0 Å². The molecule has 7 heteroatoms. The van der Waals surface area contributed by atoms with Crippen molar-refractivity contribution in [2.75, 3.05) is 0 Å². The molecule has 2 aromatic carbocycles. The summed E-state index contributed by atoms with van der Waals surface area (Å²) in [6, 6.07) is 15.9. The fourth-order valence-electron chi connectivity index (χ4n) is 1.75. The van der Waals surface area contributed by atoms with Crippen molar-refractivity contribution in [2.45, 2.75) is 0 Å². The molecule has 0 heterocycles. The molecule has 0 saturated heterocycles. The van der Waals surface area contributed by atoms with E-state index in [9.17, 15) is 0 Å². The van der Waals surface area contributed by atoms with Crippen LogP contribution in [0.1, 0.15) is 11.1 Å². The van der Waals surface area contributed by atoms with Gasteiger partial charge in [0.05, 0.1) is 5.71 Å². The third-order valence-electron chi connectivity index (χ3n) is 2.91. The van der Waals surface area contributed by atoms with Crippen LogP contribution in [0.2, 0.25) is 0 Å².